The number of nitrogens with zero attached hydrogens (tertiary/aromatic N) is 5. The van der Waals surface area contributed by atoms with E-state index in [9.17, 15) is 4.79 Å². The molecule has 2 atom stereocenters. The Kier molecular flexibility index (Phi) is 6.97. The van der Waals surface area contributed by atoms with Gasteiger partial charge in [0.05, 0.1) is 29.9 Å². The molecule has 1 aliphatic heterocycles. The number of furan rings is 1. The smallest absolute Gasteiger partial charge is 0.273 e. The van der Waals surface area contributed by atoms with Gasteiger partial charge in [0.2, 0.25) is 5.82 Å². The van der Waals surface area contributed by atoms with Crippen LogP contribution in [-0.2, 0) is 10.5 Å². The van der Waals surface area contributed by atoms with Crippen LogP contribution in [-0.4, -0.2) is 55.9 Å². The summed E-state index contributed by atoms with van der Waals surface area (Å²) in [4.78, 5) is 19.4. The maximum absolute atomic E-state index is 13.0. The highest BCUT2D eigenvalue weighted by Crippen LogP contribution is 2.33. The van der Waals surface area contributed by atoms with Gasteiger partial charge in [0.1, 0.15) is 10.7 Å². The van der Waals surface area contributed by atoms with E-state index >= 15 is 0 Å². The minimum atomic E-state index is -0.0580. The molecule has 1 fully saturated rings. The van der Waals surface area contributed by atoms with Crippen LogP contribution in [0.15, 0.2) is 51.5 Å². The first-order valence-electron chi connectivity index (χ1n) is 11.2. The van der Waals surface area contributed by atoms with E-state index in [1.54, 1.807) is 6.26 Å². The monoisotopic (exact) mass is 529 g/mol. The van der Waals surface area contributed by atoms with Gasteiger partial charge in [0.15, 0.2) is 10.9 Å². The molecule has 1 amide bonds. The quantitative estimate of drug-likeness (QED) is 0.305. The molecule has 0 aliphatic carbocycles. The number of carbonyl (C=O) groups excluding carboxylic acids is 1. The lowest BCUT2D eigenvalue weighted by molar-refractivity contribution is -0.0587. The van der Waals surface area contributed by atoms with Crippen molar-refractivity contribution < 1.29 is 13.9 Å². The first-order chi connectivity index (χ1) is 16.9. The summed E-state index contributed by atoms with van der Waals surface area (Å²) in [6.45, 7) is 7.12. The highest BCUT2D eigenvalue weighted by molar-refractivity contribution is 7.98. The Balaban J connectivity index is 1.38. The van der Waals surface area contributed by atoms with Crippen molar-refractivity contribution in [2.45, 2.75) is 43.9 Å². The molecule has 0 saturated carbocycles. The fourth-order valence-corrected chi connectivity index (χ4v) is 5.97. The van der Waals surface area contributed by atoms with Gasteiger partial charge in [-0.15, -0.1) is 21.5 Å². The standard InChI is InChI=1S/C24H24ClN5O3S2/c1-14-6-7-17(25)9-19(14)30-22(20-5-4-8-32-20)27-28-24(30)35-13-21-26-18(12-34-21)23(31)29-10-15(2)33-16(3)11-29/h4-9,12,15-16H,10-11,13H2,1-3H3. The van der Waals surface area contributed by atoms with Crippen LogP contribution >= 0.6 is 34.7 Å². The number of aryl methyl sites for hydroxylation is 1. The molecular formula is C24H24ClN5O3S2. The summed E-state index contributed by atoms with van der Waals surface area (Å²) in [6.07, 6.45) is 1.64. The molecular weight excluding hydrogens is 506 g/mol. The van der Waals surface area contributed by atoms with Crippen LogP contribution in [0.4, 0.5) is 0 Å². The van der Waals surface area contributed by atoms with Gasteiger partial charge in [-0.25, -0.2) is 4.98 Å². The molecule has 0 radical (unpaired) electrons. The Hall–Kier alpha value is -2.66. The van der Waals surface area contributed by atoms with E-state index in [0.29, 0.717) is 46.3 Å². The molecule has 182 valence electrons. The van der Waals surface area contributed by atoms with E-state index in [1.165, 1.54) is 23.1 Å². The molecule has 5 rings (SSSR count). The van der Waals surface area contributed by atoms with Crippen LogP contribution in [0, 0.1) is 6.92 Å². The van der Waals surface area contributed by atoms with Gasteiger partial charge in [0, 0.05) is 23.5 Å². The van der Waals surface area contributed by atoms with Gasteiger partial charge in [-0.1, -0.05) is 29.4 Å². The Bertz CT molecular complexity index is 1330. The van der Waals surface area contributed by atoms with Gasteiger partial charge in [-0.3, -0.25) is 9.36 Å². The van der Waals surface area contributed by atoms with Crippen LogP contribution in [0.3, 0.4) is 0 Å². The molecule has 0 N–H and O–H groups in total. The van der Waals surface area contributed by atoms with E-state index in [4.69, 9.17) is 20.8 Å². The van der Waals surface area contributed by atoms with Crippen LogP contribution in [0.2, 0.25) is 5.02 Å². The molecule has 0 spiro atoms. The summed E-state index contributed by atoms with van der Waals surface area (Å²) in [5.41, 5.74) is 2.37. The fourth-order valence-electron chi connectivity index (χ4n) is 4.08. The van der Waals surface area contributed by atoms with E-state index in [2.05, 4.69) is 15.2 Å². The number of carbonyl (C=O) groups is 1. The minimum Gasteiger partial charge on any atom is -0.461 e. The number of thioether (sulfide) groups is 1. The van der Waals surface area contributed by atoms with E-state index in [-0.39, 0.29) is 18.1 Å². The normalized spacial score (nSPS) is 18.2. The summed E-state index contributed by atoms with van der Waals surface area (Å²) in [6, 6.07) is 9.37. The van der Waals surface area contributed by atoms with Crippen molar-refractivity contribution in [2.24, 2.45) is 0 Å². The van der Waals surface area contributed by atoms with Gasteiger partial charge >= 0.3 is 0 Å². The minimum absolute atomic E-state index is 0.0148. The Morgan fingerprint density at radius 1 is 1.23 bits per heavy atom. The lowest BCUT2D eigenvalue weighted by Crippen LogP contribution is -2.48. The van der Waals surface area contributed by atoms with Crippen LogP contribution in [0.5, 0.6) is 0 Å². The molecule has 1 aliphatic rings. The largest absolute Gasteiger partial charge is 0.461 e. The molecule has 4 aromatic rings. The number of morpholine rings is 1. The Morgan fingerprint density at radius 3 is 2.77 bits per heavy atom. The number of rotatable bonds is 6. The number of amides is 1. The number of thiazole rings is 1. The summed E-state index contributed by atoms with van der Waals surface area (Å²) in [7, 11) is 0. The molecule has 1 saturated heterocycles. The third-order valence-electron chi connectivity index (χ3n) is 5.59. The number of halogens is 1. The van der Waals surface area contributed by atoms with E-state index in [1.807, 2.05) is 66.0 Å². The number of benzene rings is 1. The second-order valence-electron chi connectivity index (χ2n) is 8.43. The molecule has 35 heavy (non-hydrogen) atoms. The van der Waals surface area contributed by atoms with E-state index < -0.39 is 0 Å². The first kappa shape index (κ1) is 24.1. The molecule has 11 heteroatoms. The van der Waals surface area contributed by atoms with Gasteiger partial charge in [0.25, 0.3) is 5.91 Å². The highest BCUT2D eigenvalue weighted by Gasteiger charge is 2.28. The second kappa shape index (κ2) is 10.1. The van der Waals surface area contributed by atoms with Gasteiger partial charge in [-0.05, 0) is 50.6 Å². The SMILES string of the molecule is Cc1ccc(Cl)cc1-n1c(SCc2nc(C(=O)N3CC(C)OC(C)C3)cs2)nnc1-c1ccco1. The summed E-state index contributed by atoms with van der Waals surface area (Å²) in [5, 5.41) is 12.8. The molecule has 1 aromatic carbocycles. The van der Waals surface area contributed by atoms with Crippen LogP contribution in [0.1, 0.15) is 34.9 Å². The first-order valence-corrected chi connectivity index (χ1v) is 13.4. The Morgan fingerprint density at radius 2 is 2.03 bits per heavy atom. The molecule has 0 bridgehead atoms. The van der Waals surface area contributed by atoms with E-state index in [0.717, 1.165) is 16.3 Å². The summed E-state index contributed by atoms with van der Waals surface area (Å²) in [5.74, 6) is 1.69. The summed E-state index contributed by atoms with van der Waals surface area (Å²) < 4.78 is 13.3. The maximum Gasteiger partial charge on any atom is 0.273 e. The fraction of sp³-hybridized carbons (Fsp3) is 0.333. The number of ether oxygens (including phenoxy) is 1. The van der Waals surface area contributed by atoms with Crippen LogP contribution in [0.25, 0.3) is 17.3 Å². The third-order valence-corrected chi connectivity index (χ3v) is 7.80. The third kappa shape index (κ3) is 5.16. The van der Waals surface area contributed by atoms with Crippen molar-refractivity contribution in [2.75, 3.05) is 13.1 Å². The van der Waals surface area contributed by atoms with Crippen molar-refractivity contribution in [3.63, 3.8) is 0 Å². The molecule has 2 unspecified atom stereocenters. The number of hydrogen-bond donors (Lipinski definition) is 0. The van der Waals surface area contributed by atoms with Crippen LogP contribution < -0.4 is 0 Å². The lowest BCUT2D eigenvalue weighted by Gasteiger charge is -2.34. The van der Waals surface area contributed by atoms with Gasteiger partial charge in [-0.2, -0.15) is 0 Å². The topological polar surface area (TPSA) is 86.3 Å². The predicted octanol–water partition coefficient (Wildman–Crippen LogP) is 5.49. The average molecular weight is 530 g/mol. The molecule has 8 nitrogen and oxygen atoms in total. The average Bonchev–Trinajstić information content (AvgIpc) is 3.58. The number of hydrogen-bond acceptors (Lipinski definition) is 8. The number of aromatic nitrogens is 4. The highest BCUT2D eigenvalue weighted by atomic mass is 35.5. The molecule has 3 aromatic heterocycles. The van der Waals surface area contributed by atoms with Crippen molar-refractivity contribution in [1.82, 2.24) is 24.6 Å². The zero-order valence-corrected chi connectivity index (χ0v) is 21.9. The maximum atomic E-state index is 13.0. The van der Waals surface area contributed by atoms with Crippen molar-refractivity contribution in [1.29, 1.82) is 0 Å². The van der Waals surface area contributed by atoms with Crippen molar-refractivity contribution in [3.8, 4) is 17.3 Å². The lowest BCUT2D eigenvalue weighted by atomic mass is 10.2. The predicted molar refractivity (Wildman–Crippen MR) is 136 cm³/mol. The van der Waals surface area contributed by atoms with Crippen molar-refractivity contribution in [3.05, 3.63) is 63.3 Å². The second-order valence-corrected chi connectivity index (χ2v) is 10.8. The summed E-state index contributed by atoms with van der Waals surface area (Å²) >= 11 is 9.28. The van der Waals surface area contributed by atoms with Crippen molar-refractivity contribution >= 4 is 40.6 Å². The molecule has 4 heterocycles. The zero-order valence-electron chi connectivity index (χ0n) is 19.5. The Labute approximate surface area is 216 Å². The van der Waals surface area contributed by atoms with Gasteiger partial charge < -0.3 is 14.1 Å². The zero-order chi connectivity index (χ0) is 24.5.